The molecule has 1 aromatic heterocycles. The van der Waals surface area contributed by atoms with E-state index in [-0.39, 0.29) is 6.10 Å². The Labute approximate surface area is 107 Å². The van der Waals surface area contributed by atoms with Crippen molar-refractivity contribution in [3.05, 3.63) is 41.6 Å². The van der Waals surface area contributed by atoms with Crippen LogP contribution in [0.4, 0.5) is 0 Å². The molecule has 1 aliphatic heterocycles. The van der Waals surface area contributed by atoms with Crippen molar-refractivity contribution >= 4 is 10.9 Å². The maximum absolute atomic E-state index is 5.94. The Kier molecular flexibility index (Phi) is 3.26. The maximum atomic E-state index is 5.94. The first-order chi connectivity index (χ1) is 8.84. The van der Waals surface area contributed by atoms with Crippen molar-refractivity contribution in [1.29, 1.82) is 0 Å². The Morgan fingerprint density at radius 2 is 2.22 bits per heavy atom. The summed E-state index contributed by atoms with van der Waals surface area (Å²) in [4.78, 5) is 4.45. The minimum absolute atomic E-state index is 0.188. The van der Waals surface area contributed by atoms with Crippen LogP contribution >= 0.6 is 0 Å². The van der Waals surface area contributed by atoms with Gasteiger partial charge in [-0.25, -0.2) is 0 Å². The first kappa shape index (κ1) is 11.6. The molecule has 1 unspecified atom stereocenters. The van der Waals surface area contributed by atoms with E-state index in [0.717, 1.165) is 31.6 Å². The number of aryl methyl sites for hydroxylation is 1. The van der Waals surface area contributed by atoms with E-state index in [9.17, 15) is 0 Å². The molecule has 0 saturated carbocycles. The smallest absolute Gasteiger partial charge is 0.0844 e. The number of benzene rings is 1. The van der Waals surface area contributed by atoms with Crippen molar-refractivity contribution in [1.82, 2.24) is 10.3 Å². The molecular formula is C15H18N2O. The minimum atomic E-state index is 0.188. The largest absolute Gasteiger partial charge is 0.372 e. The first-order valence-corrected chi connectivity index (χ1v) is 6.52. The Balaban J connectivity index is 2.04. The number of pyridine rings is 1. The average molecular weight is 242 g/mol. The van der Waals surface area contributed by atoms with Gasteiger partial charge >= 0.3 is 0 Å². The Hall–Kier alpha value is -1.45. The van der Waals surface area contributed by atoms with Crippen LogP contribution in [0.1, 0.15) is 23.7 Å². The topological polar surface area (TPSA) is 34.1 Å². The molecule has 1 saturated heterocycles. The summed E-state index contributed by atoms with van der Waals surface area (Å²) in [6.45, 7) is 4.83. The molecule has 2 heterocycles. The summed E-state index contributed by atoms with van der Waals surface area (Å²) >= 11 is 0. The molecule has 0 bridgehead atoms. The second kappa shape index (κ2) is 5.04. The predicted octanol–water partition coefficient (Wildman–Crippen LogP) is 2.59. The van der Waals surface area contributed by atoms with Crippen LogP contribution in [0.2, 0.25) is 0 Å². The van der Waals surface area contributed by atoms with Crippen molar-refractivity contribution in [2.75, 3.05) is 19.7 Å². The highest BCUT2D eigenvalue weighted by Gasteiger charge is 2.17. The van der Waals surface area contributed by atoms with Crippen molar-refractivity contribution < 1.29 is 4.74 Å². The van der Waals surface area contributed by atoms with E-state index in [2.05, 4.69) is 41.5 Å². The summed E-state index contributed by atoms with van der Waals surface area (Å²) < 4.78 is 5.94. The van der Waals surface area contributed by atoms with Gasteiger partial charge in [-0.15, -0.1) is 0 Å². The minimum Gasteiger partial charge on any atom is -0.372 e. The molecule has 0 aliphatic carbocycles. The molecule has 2 aromatic rings. The van der Waals surface area contributed by atoms with E-state index in [1.54, 1.807) is 0 Å². The summed E-state index contributed by atoms with van der Waals surface area (Å²) in [6.07, 6.45) is 3.10. The van der Waals surface area contributed by atoms with Crippen LogP contribution in [0.15, 0.2) is 30.5 Å². The number of hydrogen-bond acceptors (Lipinski definition) is 3. The predicted molar refractivity (Wildman–Crippen MR) is 72.7 cm³/mol. The molecule has 0 spiro atoms. The number of fused-ring (bicyclic) bond motifs is 1. The zero-order chi connectivity index (χ0) is 12.4. The lowest BCUT2D eigenvalue weighted by atomic mass is 10.0. The van der Waals surface area contributed by atoms with Gasteiger partial charge in [0.25, 0.3) is 0 Å². The van der Waals surface area contributed by atoms with Gasteiger partial charge in [-0.1, -0.05) is 12.1 Å². The lowest BCUT2D eigenvalue weighted by Crippen LogP contribution is -2.16. The van der Waals surface area contributed by atoms with Gasteiger partial charge in [-0.3, -0.25) is 4.98 Å². The summed E-state index contributed by atoms with van der Waals surface area (Å²) in [6, 6.07) is 8.53. The van der Waals surface area contributed by atoms with Crippen molar-refractivity contribution in [3.8, 4) is 0 Å². The molecule has 1 atom stereocenters. The standard InChI is InChI=1S/C15H18N2O/c1-11-2-3-12-13(4-7-17-14(12)10-11)15-5-6-16-8-9-18-15/h2-4,7,10,15-16H,5-6,8-9H2,1H3. The number of ether oxygens (including phenoxy) is 1. The first-order valence-electron chi connectivity index (χ1n) is 6.52. The zero-order valence-corrected chi connectivity index (χ0v) is 10.6. The Morgan fingerprint density at radius 1 is 1.28 bits per heavy atom. The van der Waals surface area contributed by atoms with E-state index in [4.69, 9.17) is 4.74 Å². The monoisotopic (exact) mass is 242 g/mol. The molecule has 18 heavy (non-hydrogen) atoms. The third-order valence-electron chi connectivity index (χ3n) is 3.46. The molecule has 1 aliphatic rings. The second-order valence-corrected chi connectivity index (χ2v) is 4.82. The fraction of sp³-hybridized carbons (Fsp3) is 0.400. The fourth-order valence-corrected chi connectivity index (χ4v) is 2.52. The van der Waals surface area contributed by atoms with E-state index >= 15 is 0 Å². The van der Waals surface area contributed by atoms with Crippen LogP contribution in [0.25, 0.3) is 10.9 Å². The highest BCUT2D eigenvalue weighted by Crippen LogP contribution is 2.28. The number of rotatable bonds is 1. The van der Waals surface area contributed by atoms with Crippen LogP contribution in [0.3, 0.4) is 0 Å². The third-order valence-corrected chi connectivity index (χ3v) is 3.46. The summed E-state index contributed by atoms with van der Waals surface area (Å²) in [7, 11) is 0. The Bertz CT molecular complexity index is 545. The fourth-order valence-electron chi connectivity index (χ4n) is 2.52. The number of nitrogens with one attached hydrogen (secondary N) is 1. The van der Waals surface area contributed by atoms with Crippen LogP contribution in [0.5, 0.6) is 0 Å². The highest BCUT2D eigenvalue weighted by molar-refractivity contribution is 5.82. The van der Waals surface area contributed by atoms with Gasteiger partial charge in [0.2, 0.25) is 0 Å². The van der Waals surface area contributed by atoms with Gasteiger partial charge in [0.1, 0.15) is 0 Å². The van der Waals surface area contributed by atoms with Crippen molar-refractivity contribution in [2.45, 2.75) is 19.4 Å². The molecule has 0 radical (unpaired) electrons. The van der Waals surface area contributed by atoms with Gasteiger partial charge in [0.05, 0.1) is 18.2 Å². The Morgan fingerprint density at radius 3 is 3.17 bits per heavy atom. The SMILES string of the molecule is Cc1ccc2c(C3CCNCCO3)ccnc2c1. The summed E-state index contributed by atoms with van der Waals surface area (Å²) in [5, 5.41) is 4.58. The van der Waals surface area contributed by atoms with Crippen molar-refractivity contribution in [2.24, 2.45) is 0 Å². The molecular weight excluding hydrogens is 224 g/mol. The summed E-state index contributed by atoms with van der Waals surface area (Å²) in [5.74, 6) is 0. The molecule has 3 rings (SSSR count). The van der Waals surface area contributed by atoms with Gasteiger partial charge in [-0.2, -0.15) is 0 Å². The van der Waals surface area contributed by atoms with E-state index in [1.165, 1.54) is 16.5 Å². The van der Waals surface area contributed by atoms with Gasteiger partial charge in [-0.05, 0) is 43.1 Å². The molecule has 3 heteroatoms. The second-order valence-electron chi connectivity index (χ2n) is 4.82. The summed E-state index contributed by atoms with van der Waals surface area (Å²) in [5.41, 5.74) is 3.58. The average Bonchev–Trinajstić information content (AvgIpc) is 2.66. The number of aromatic nitrogens is 1. The molecule has 94 valence electrons. The van der Waals surface area contributed by atoms with E-state index < -0.39 is 0 Å². The van der Waals surface area contributed by atoms with E-state index in [0.29, 0.717) is 0 Å². The quantitative estimate of drug-likeness (QED) is 0.834. The molecule has 1 fully saturated rings. The normalized spacial score (nSPS) is 20.8. The van der Waals surface area contributed by atoms with Crippen LogP contribution in [0, 0.1) is 6.92 Å². The van der Waals surface area contributed by atoms with Gasteiger partial charge < -0.3 is 10.1 Å². The number of hydrogen-bond donors (Lipinski definition) is 1. The third kappa shape index (κ3) is 2.24. The molecule has 3 nitrogen and oxygen atoms in total. The highest BCUT2D eigenvalue weighted by atomic mass is 16.5. The number of nitrogens with zero attached hydrogens (tertiary/aromatic N) is 1. The lowest BCUT2D eigenvalue weighted by molar-refractivity contribution is 0.0654. The van der Waals surface area contributed by atoms with E-state index in [1.807, 2.05) is 6.20 Å². The molecule has 1 aromatic carbocycles. The van der Waals surface area contributed by atoms with Gasteiger partial charge in [0.15, 0.2) is 0 Å². The van der Waals surface area contributed by atoms with Gasteiger partial charge in [0, 0.05) is 18.1 Å². The zero-order valence-electron chi connectivity index (χ0n) is 10.6. The maximum Gasteiger partial charge on any atom is 0.0844 e. The molecule has 1 N–H and O–H groups in total. The van der Waals surface area contributed by atoms with Crippen LogP contribution in [-0.2, 0) is 4.74 Å². The van der Waals surface area contributed by atoms with Crippen molar-refractivity contribution in [3.63, 3.8) is 0 Å². The molecule has 0 amide bonds. The van der Waals surface area contributed by atoms with Crippen LogP contribution < -0.4 is 5.32 Å². The van der Waals surface area contributed by atoms with Crippen LogP contribution in [-0.4, -0.2) is 24.7 Å². The lowest BCUT2D eigenvalue weighted by Gasteiger charge is -2.17.